The zero-order valence-corrected chi connectivity index (χ0v) is 12.1. The molecule has 4 heteroatoms. The molecule has 1 amide bonds. The highest BCUT2D eigenvalue weighted by molar-refractivity contribution is 5.94. The molecule has 0 spiro atoms. The van der Waals surface area contributed by atoms with E-state index in [1.54, 1.807) is 0 Å². The van der Waals surface area contributed by atoms with Crippen LogP contribution in [0.15, 0.2) is 24.3 Å². The maximum absolute atomic E-state index is 11.7. The maximum atomic E-state index is 11.7. The molecule has 3 N–H and O–H groups in total. The van der Waals surface area contributed by atoms with Gasteiger partial charge in [0.05, 0.1) is 6.61 Å². The van der Waals surface area contributed by atoms with Crippen LogP contribution < -0.4 is 10.6 Å². The summed E-state index contributed by atoms with van der Waals surface area (Å²) in [7, 11) is 0. The van der Waals surface area contributed by atoms with Crippen LogP contribution in [0.2, 0.25) is 0 Å². The smallest absolute Gasteiger partial charge is 0.251 e. The van der Waals surface area contributed by atoms with Gasteiger partial charge in [-0.15, -0.1) is 0 Å². The number of rotatable bonds is 6. The van der Waals surface area contributed by atoms with Crippen molar-refractivity contribution in [3.8, 4) is 0 Å². The Balaban J connectivity index is 1.92. The molecule has 1 aliphatic rings. The third-order valence-corrected chi connectivity index (χ3v) is 4.08. The van der Waals surface area contributed by atoms with E-state index >= 15 is 0 Å². The highest BCUT2D eigenvalue weighted by Crippen LogP contribution is 2.30. The number of carbonyl (C=O) groups excluding carboxylic acids is 1. The van der Waals surface area contributed by atoms with Crippen LogP contribution in [0.4, 0.5) is 5.69 Å². The summed E-state index contributed by atoms with van der Waals surface area (Å²) in [4.78, 5) is 11.7. The van der Waals surface area contributed by atoms with Gasteiger partial charge >= 0.3 is 0 Å². The quantitative estimate of drug-likeness (QED) is 0.747. The van der Waals surface area contributed by atoms with Gasteiger partial charge in [0, 0.05) is 23.8 Å². The lowest BCUT2D eigenvalue weighted by atomic mass is 10.0. The Hall–Kier alpha value is -1.55. The lowest BCUT2D eigenvalue weighted by Crippen LogP contribution is -2.26. The molecule has 1 saturated carbocycles. The van der Waals surface area contributed by atoms with Crippen molar-refractivity contribution in [2.75, 3.05) is 18.5 Å². The zero-order valence-electron chi connectivity index (χ0n) is 12.1. The van der Waals surface area contributed by atoms with Crippen molar-refractivity contribution in [2.45, 2.75) is 38.6 Å². The molecule has 110 valence electrons. The molecule has 0 saturated heterocycles. The van der Waals surface area contributed by atoms with Crippen LogP contribution in [0.1, 0.15) is 43.0 Å². The summed E-state index contributed by atoms with van der Waals surface area (Å²) in [6.07, 6.45) is 5.07. The summed E-state index contributed by atoms with van der Waals surface area (Å²) in [5, 5.41) is 14.9. The Morgan fingerprint density at radius 3 is 2.70 bits per heavy atom. The number of aliphatic hydroxyl groups is 1. The number of nitrogens with one attached hydrogen (secondary N) is 2. The fourth-order valence-corrected chi connectivity index (χ4v) is 2.92. The first-order valence-corrected chi connectivity index (χ1v) is 7.50. The van der Waals surface area contributed by atoms with Gasteiger partial charge in [-0.2, -0.15) is 0 Å². The normalized spacial score (nSPS) is 21.7. The maximum Gasteiger partial charge on any atom is 0.251 e. The highest BCUT2D eigenvalue weighted by atomic mass is 16.3. The Morgan fingerprint density at radius 2 is 2.05 bits per heavy atom. The summed E-state index contributed by atoms with van der Waals surface area (Å²) in [6, 6.07) is 8.13. The first-order chi connectivity index (χ1) is 9.74. The fraction of sp³-hybridized carbons (Fsp3) is 0.562. The van der Waals surface area contributed by atoms with E-state index in [0.29, 0.717) is 18.2 Å². The zero-order chi connectivity index (χ0) is 14.4. The van der Waals surface area contributed by atoms with Crippen molar-refractivity contribution in [3.63, 3.8) is 0 Å². The molecule has 1 aliphatic carbocycles. The van der Waals surface area contributed by atoms with Gasteiger partial charge in [-0.3, -0.25) is 4.79 Å². The second-order valence-electron chi connectivity index (χ2n) is 5.41. The number of aliphatic hydroxyl groups excluding tert-OH is 1. The Morgan fingerprint density at radius 1 is 1.30 bits per heavy atom. The third kappa shape index (κ3) is 3.73. The molecular formula is C16H24N2O2. The van der Waals surface area contributed by atoms with E-state index in [1.807, 2.05) is 24.3 Å². The number of hydrogen-bond acceptors (Lipinski definition) is 3. The molecule has 0 heterocycles. The number of amides is 1. The first kappa shape index (κ1) is 14.9. The van der Waals surface area contributed by atoms with Crippen LogP contribution in [0.25, 0.3) is 0 Å². The first-order valence-electron chi connectivity index (χ1n) is 7.50. The van der Waals surface area contributed by atoms with Crippen molar-refractivity contribution in [1.82, 2.24) is 5.32 Å². The monoisotopic (exact) mass is 276 g/mol. The van der Waals surface area contributed by atoms with Crippen LogP contribution in [-0.4, -0.2) is 30.2 Å². The van der Waals surface area contributed by atoms with E-state index in [2.05, 4.69) is 17.6 Å². The minimum atomic E-state index is -0.141. The van der Waals surface area contributed by atoms with Crippen LogP contribution in [0.5, 0.6) is 0 Å². The van der Waals surface area contributed by atoms with Gasteiger partial charge in [0.1, 0.15) is 0 Å². The second kappa shape index (κ2) is 7.29. The Labute approximate surface area is 120 Å². The third-order valence-electron chi connectivity index (χ3n) is 4.08. The van der Waals surface area contributed by atoms with E-state index in [1.165, 1.54) is 25.7 Å². The number of carbonyl (C=O) groups is 1. The second-order valence-corrected chi connectivity index (χ2v) is 5.41. The van der Waals surface area contributed by atoms with Crippen LogP contribution in [0, 0.1) is 5.92 Å². The average Bonchev–Trinajstić information content (AvgIpc) is 2.92. The molecule has 4 nitrogen and oxygen atoms in total. The number of benzene rings is 1. The van der Waals surface area contributed by atoms with Crippen LogP contribution in [0.3, 0.4) is 0 Å². The van der Waals surface area contributed by atoms with E-state index in [-0.39, 0.29) is 12.5 Å². The van der Waals surface area contributed by atoms with E-state index in [9.17, 15) is 4.79 Å². The largest absolute Gasteiger partial charge is 0.395 e. The molecule has 0 bridgehead atoms. The van der Waals surface area contributed by atoms with Gasteiger partial charge in [-0.25, -0.2) is 0 Å². The molecule has 2 atom stereocenters. The molecule has 2 rings (SSSR count). The summed E-state index contributed by atoms with van der Waals surface area (Å²) >= 11 is 0. The van der Waals surface area contributed by atoms with Gasteiger partial charge in [-0.1, -0.05) is 19.8 Å². The predicted octanol–water partition coefficient (Wildman–Crippen LogP) is 2.40. The average molecular weight is 276 g/mol. The molecule has 0 radical (unpaired) electrons. The summed E-state index contributed by atoms with van der Waals surface area (Å²) in [5.74, 6) is 0.625. The lowest BCUT2D eigenvalue weighted by molar-refractivity contribution is 0.0945. The molecule has 1 fully saturated rings. The van der Waals surface area contributed by atoms with Crippen LogP contribution >= 0.6 is 0 Å². The van der Waals surface area contributed by atoms with Crippen LogP contribution in [-0.2, 0) is 0 Å². The van der Waals surface area contributed by atoms with Gasteiger partial charge in [0.15, 0.2) is 0 Å². The molecule has 1 aromatic rings. The molecule has 1 aromatic carbocycles. The number of hydrogen-bond donors (Lipinski definition) is 3. The summed E-state index contributed by atoms with van der Waals surface area (Å²) in [6.45, 7) is 2.50. The van der Waals surface area contributed by atoms with Crippen molar-refractivity contribution >= 4 is 11.6 Å². The van der Waals surface area contributed by atoms with Crippen molar-refractivity contribution < 1.29 is 9.90 Å². The van der Waals surface area contributed by atoms with E-state index < -0.39 is 0 Å². The SMILES string of the molecule is CCC1CCCC1Nc1ccc(C(=O)NCCO)cc1. The Bertz CT molecular complexity index is 431. The number of anilines is 1. The summed E-state index contributed by atoms with van der Waals surface area (Å²) < 4.78 is 0. The standard InChI is InChI=1S/C16H24N2O2/c1-2-12-4-3-5-15(12)18-14-8-6-13(7-9-14)16(20)17-10-11-19/h6-9,12,15,18-19H,2-5,10-11H2,1H3,(H,17,20). The minimum absolute atomic E-state index is 0.0362. The van der Waals surface area contributed by atoms with Crippen molar-refractivity contribution in [1.29, 1.82) is 0 Å². The minimum Gasteiger partial charge on any atom is -0.395 e. The van der Waals surface area contributed by atoms with E-state index in [0.717, 1.165) is 11.6 Å². The van der Waals surface area contributed by atoms with Crippen molar-refractivity contribution in [3.05, 3.63) is 29.8 Å². The van der Waals surface area contributed by atoms with Gasteiger partial charge in [0.25, 0.3) is 5.91 Å². The van der Waals surface area contributed by atoms with E-state index in [4.69, 9.17) is 5.11 Å². The predicted molar refractivity (Wildman–Crippen MR) is 80.9 cm³/mol. The molecule has 0 aliphatic heterocycles. The van der Waals surface area contributed by atoms with Gasteiger partial charge in [0.2, 0.25) is 0 Å². The molecule has 20 heavy (non-hydrogen) atoms. The highest BCUT2D eigenvalue weighted by Gasteiger charge is 2.25. The topological polar surface area (TPSA) is 61.4 Å². The molecule has 0 aromatic heterocycles. The Kier molecular flexibility index (Phi) is 5.41. The molecular weight excluding hydrogens is 252 g/mol. The van der Waals surface area contributed by atoms with Gasteiger partial charge in [-0.05, 0) is 43.0 Å². The fourth-order valence-electron chi connectivity index (χ4n) is 2.92. The van der Waals surface area contributed by atoms with Gasteiger partial charge < -0.3 is 15.7 Å². The molecule has 2 unspecified atom stereocenters. The van der Waals surface area contributed by atoms with Crippen molar-refractivity contribution in [2.24, 2.45) is 5.92 Å². The lowest BCUT2D eigenvalue weighted by Gasteiger charge is -2.21. The summed E-state index contributed by atoms with van der Waals surface area (Å²) in [5.41, 5.74) is 1.71.